The third kappa shape index (κ3) is 4.08. The number of carbonyl (C=O) groups excluding carboxylic acids is 1. The molecule has 2 aromatic rings. The molecule has 0 N–H and O–H groups in total. The molecule has 4 nitrogen and oxygen atoms in total. The van der Waals surface area contributed by atoms with Gasteiger partial charge in [-0.05, 0) is 42.8 Å². The number of rotatable bonds is 5. The Bertz CT molecular complexity index is 656. The van der Waals surface area contributed by atoms with E-state index in [0.29, 0.717) is 16.9 Å². The SMILES string of the molecule is Cc1ccccc1C(=O)OCCOc1ccc(C#N)cc1. The van der Waals surface area contributed by atoms with E-state index in [-0.39, 0.29) is 19.2 Å². The Labute approximate surface area is 123 Å². The molecule has 2 aromatic carbocycles. The average molecular weight is 281 g/mol. The first-order valence-electron chi connectivity index (χ1n) is 6.56. The maximum atomic E-state index is 11.8. The van der Waals surface area contributed by atoms with Crippen LogP contribution >= 0.6 is 0 Å². The second-order valence-corrected chi connectivity index (χ2v) is 4.44. The van der Waals surface area contributed by atoms with Crippen LogP contribution in [0.15, 0.2) is 48.5 Å². The van der Waals surface area contributed by atoms with Crippen LogP contribution < -0.4 is 4.74 Å². The van der Waals surface area contributed by atoms with Gasteiger partial charge in [0.1, 0.15) is 19.0 Å². The van der Waals surface area contributed by atoms with Crippen molar-refractivity contribution in [2.45, 2.75) is 6.92 Å². The van der Waals surface area contributed by atoms with Gasteiger partial charge < -0.3 is 9.47 Å². The fraction of sp³-hybridized carbons (Fsp3) is 0.176. The maximum absolute atomic E-state index is 11.8. The zero-order valence-electron chi connectivity index (χ0n) is 11.7. The van der Waals surface area contributed by atoms with E-state index >= 15 is 0 Å². The molecule has 0 heterocycles. The van der Waals surface area contributed by atoms with E-state index in [1.807, 2.05) is 25.1 Å². The fourth-order valence-corrected chi connectivity index (χ4v) is 1.80. The summed E-state index contributed by atoms with van der Waals surface area (Å²) in [4.78, 5) is 11.8. The minimum atomic E-state index is -0.350. The molecule has 0 bridgehead atoms. The number of nitriles is 1. The first-order chi connectivity index (χ1) is 10.2. The monoisotopic (exact) mass is 281 g/mol. The number of hydrogen-bond donors (Lipinski definition) is 0. The van der Waals surface area contributed by atoms with Gasteiger partial charge in [-0.15, -0.1) is 0 Å². The lowest BCUT2D eigenvalue weighted by Crippen LogP contribution is -2.13. The van der Waals surface area contributed by atoms with Gasteiger partial charge in [0.2, 0.25) is 0 Å². The number of carbonyl (C=O) groups is 1. The van der Waals surface area contributed by atoms with Crippen LogP contribution in [0.1, 0.15) is 21.5 Å². The number of benzene rings is 2. The summed E-state index contributed by atoms with van der Waals surface area (Å²) in [5.41, 5.74) is 2.03. The first-order valence-corrected chi connectivity index (χ1v) is 6.56. The molecule has 0 saturated carbocycles. The Morgan fingerprint density at radius 1 is 1.10 bits per heavy atom. The molecule has 0 aliphatic rings. The van der Waals surface area contributed by atoms with Gasteiger partial charge in [0.05, 0.1) is 17.2 Å². The van der Waals surface area contributed by atoms with E-state index in [4.69, 9.17) is 14.7 Å². The van der Waals surface area contributed by atoms with Gasteiger partial charge in [0.15, 0.2) is 0 Å². The maximum Gasteiger partial charge on any atom is 0.338 e. The van der Waals surface area contributed by atoms with Crippen molar-refractivity contribution in [3.05, 3.63) is 65.2 Å². The lowest BCUT2D eigenvalue weighted by molar-refractivity contribution is 0.0449. The number of nitrogens with zero attached hydrogens (tertiary/aromatic N) is 1. The quantitative estimate of drug-likeness (QED) is 0.624. The lowest BCUT2D eigenvalue weighted by atomic mass is 10.1. The number of hydrogen-bond acceptors (Lipinski definition) is 4. The van der Waals surface area contributed by atoms with Crippen molar-refractivity contribution in [2.75, 3.05) is 13.2 Å². The summed E-state index contributed by atoms with van der Waals surface area (Å²) in [6.07, 6.45) is 0. The molecule has 0 aromatic heterocycles. The number of aryl methyl sites for hydroxylation is 1. The second kappa shape index (κ2) is 7.11. The van der Waals surface area contributed by atoms with Crippen molar-refractivity contribution >= 4 is 5.97 Å². The van der Waals surface area contributed by atoms with Crippen LogP contribution in [-0.2, 0) is 4.74 Å². The molecular formula is C17H15NO3. The van der Waals surface area contributed by atoms with Gasteiger partial charge in [0.25, 0.3) is 0 Å². The van der Waals surface area contributed by atoms with Crippen molar-refractivity contribution < 1.29 is 14.3 Å². The highest BCUT2D eigenvalue weighted by molar-refractivity contribution is 5.90. The van der Waals surface area contributed by atoms with E-state index in [2.05, 4.69) is 0 Å². The molecule has 0 fully saturated rings. The van der Waals surface area contributed by atoms with E-state index in [1.165, 1.54) is 0 Å². The van der Waals surface area contributed by atoms with Crippen LogP contribution in [0.2, 0.25) is 0 Å². The molecule has 4 heteroatoms. The molecule has 21 heavy (non-hydrogen) atoms. The lowest BCUT2D eigenvalue weighted by Gasteiger charge is -2.08. The average Bonchev–Trinajstić information content (AvgIpc) is 2.52. The van der Waals surface area contributed by atoms with Gasteiger partial charge in [-0.2, -0.15) is 5.26 Å². The van der Waals surface area contributed by atoms with E-state index in [9.17, 15) is 4.79 Å². The van der Waals surface area contributed by atoms with Crippen LogP contribution in [-0.4, -0.2) is 19.2 Å². The molecule has 0 aliphatic carbocycles. The molecule has 106 valence electrons. The van der Waals surface area contributed by atoms with Crippen molar-refractivity contribution in [1.82, 2.24) is 0 Å². The molecule has 0 spiro atoms. The van der Waals surface area contributed by atoms with Crippen LogP contribution in [0.3, 0.4) is 0 Å². The Kier molecular flexibility index (Phi) is 4.94. The van der Waals surface area contributed by atoms with Crippen molar-refractivity contribution in [3.63, 3.8) is 0 Å². The molecule has 0 atom stereocenters. The molecule has 0 saturated heterocycles. The number of ether oxygens (including phenoxy) is 2. The zero-order chi connectivity index (χ0) is 15.1. The van der Waals surface area contributed by atoms with E-state index < -0.39 is 0 Å². The summed E-state index contributed by atoms with van der Waals surface area (Å²) in [5, 5.41) is 8.69. The van der Waals surface area contributed by atoms with Crippen LogP contribution in [0.4, 0.5) is 0 Å². The van der Waals surface area contributed by atoms with Crippen LogP contribution in [0, 0.1) is 18.3 Å². The van der Waals surface area contributed by atoms with Crippen molar-refractivity contribution in [3.8, 4) is 11.8 Å². The summed E-state index contributed by atoms with van der Waals surface area (Å²) in [7, 11) is 0. The Morgan fingerprint density at radius 2 is 1.81 bits per heavy atom. The minimum Gasteiger partial charge on any atom is -0.490 e. The predicted octanol–water partition coefficient (Wildman–Crippen LogP) is 3.10. The molecule has 0 amide bonds. The molecular weight excluding hydrogens is 266 g/mol. The van der Waals surface area contributed by atoms with Crippen molar-refractivity contribution in [1.29, 1.82) is 5.26 Å². The minimum absolute atomic E-state index is 0.174. The molecule has 0 radical (unpaired) electrons. The summed E-state index contributed by atoms with van der Waals surface area (Å²) in [6, 6.07) is 16.1. The highest BCUT2D eigenvalue weighted by Crippen LogP contribution is 2.12. The third-order valence-corrected chi connectivity index (χ3v) is 2.93. The van der Waals surface area contributed by atoms with Crippen molar-refractivity contribution in [2.24, 2.45) is 0 Å². The highest BCUT2D eigenvalue weighted by atomic mass is 16.6. The summed E-state index contributed by atoms with van der Waals surface area (Å²) < 4.78 is 10.6. The second-order valence-electron chi connectivity index (χ2n) is 4.44. The molecule has 0 aliphatic heterocycles. The smallest absolute Gasteiger partial charge is 0.338 e. The van der Waals surface area contributed by atoms with Gasteiger partial charge in [0, 0.05) is 0 Å². The predicted molar refractivity (Wildman–Crippen MR) is 78.1 cm³/mol. The summed E-state index contributed by atoms with van der Waals surface area (Å²) >= 11 is 0. The normalized spacial score (nSPS) is 9.71. The third-order valence-electron chi connectivity index (χ3n) is 2.93. The Morgan fingerprint density at radius 3 is 2.48 bits per heavy atom. The topological polar surface area (TPSA) is 59.3 Å². The highest BCUT2D eigenvalue weighted by Gasteiger charge is 2.09. The van der Waals surface area contributed by atoms with E-state index in [0.717, 1.165) is 5.56 Å². The molecule has 2 rings (SSSR count). The van der Waals surface area contributed by atoms with Gasteiger partial charge in [-0.3, -0.25) is 0 Å². The fourth-order valence-electron chi connectivity index (χ4n) is 1.80. The number of esters is 1. The summed E-state index contributed by atoms with van der Waals surface area (Å²) in [6.45, 7) is 2.31. The standard InChI is InChI=1S/C17H15NO3/c1-13-4-2-3-5-16(13)17(19)21-11-10-20-15-8-6-14(12-18)7-9-15/h2-9H,10-11H2,1H3. The zero-order valence-corrected chi connectivity index (χ0v) is 11.7. The Balaban J connectivity index is 1.78. The van der Waals surface area contributed by atoms with Crippen LogP contribution in [0.5, 0.6) is 5.75 Å². The van der Waals surface area contributed by atoms with Crippen LogP contribution in [0.25, 0.3) is 0 Å². The molecule has 0 unspecified atom stereocenters. The van der Waals surface area contributed by atoms with Gasteiger partial charge in [-0.1, -0.05) is 18.2 Å². The van der Waals surface area contributed by atoms with Gasteiger partial charge >= 0.3 is 5.97 Å². The first kappa shape index (κ1) is 14.6. The largest absolute Gasteiger partial charge is 0.490 e. The Hall–Kier alpha value is -2.80. The summed E-state index contributed by atoms with van der Waals surface area (Å²) in [5.74, 6) is 0.289. The van der Waals surface area contributed by atoms with E-state index in [1.54, 1.807) is 36.4 Å². The van der Waals surface area contributed by atoms with Gasteiger partial charge in [-0.25, -0.2) is 4.79 Å².